The van der Waals surface area contributed by atoms with E-state index < -0.39 is 6.18 Å². The van der Waals surface area contributed by atoms with Gasteiger partial charge in [-0.05, 0) is 0 Å². The molecule has 1 atom stereocenters. The van der Waals surface area contributed by atoms with Gasteiger partial charge in [0.1, 0.15) is 0 Å². The molecule has 29 heavy (non-hydrogen) atoms. The summed E-state index contributed by atoms with van der Waals surface area (Å²) in [6, 6.07) is 18.5. The Balaban J connectivity index is 2.22. The molecule has 162 valence electrons. The molecule has 0 aliphatic carbocycles. The Morgan fingerprint density at radius 3 is 2.03 bits per heavy atom. The molecule has 1 unspecified atom stereocenters. The van der Waals surface area contributed by atoms with Gasteiger partial charge >= 0.3 is 188 Å². The summed E-state index contributed by atoms with van der Waals surface area (Å²) in [4.78, 5) is 0. The van der Waals surface area contributed by atoms with Crippen LogP contribution >= 0.6 is 29.0 Å². The molecular weight excluding hydrogens is 418 g/mol. The molecule has 0 bridgehead atoms. The molecule has 0 N–H and O–H groups in total. The van der Waals surface area contributed by atoms with Crippen LogP contribution < -0.4 is 4.52 Å². The van der Waals surface area contributed by atoms with Gasteiger partial charge in [0.2, 0.25) is 0 Å². The van der Waals surface area contributed by atoms with Crippen LogP contribution in [0.2, 0.25) is 5.02 Å². The summed E-state index contributed by atoms with van der Waals surface area (Å²) in [7, 11) is 0. The number of benzene rings is 2. The first kappa shape index (κ1) is 24.5. The Labute approximate surface area is 188 Å². The molecule has 2 aromatic rings. The van der Waals surface area contributed by atoms with Crippen LogP contribution in [0.4, 0.5) is 0 Å². The maximum absolute atomic E-state index is 7.66. The van der Waals surface area contributed by atoms with E-state index in [1.165, 1.54) is 5.56 Å². The number of halogens is 2. The molecule has 0 saturated carbocycles. The van der Waals surface area contributed by atoms with E-state index >= 15 is 0 Å². The van der Waals surface area contributed by atoms with Crippen molar-refractivity contribution in [2.45, 2.75) is 59.3 Å². The molecule has 2 rings (SSSR count). The zero-order valence-electron chi connectivity index (χ0n) is 18.2. The van der Waals surface area contributed by atoms with Gasteiger partial charge < -0.3 is 0 Å². The molecule has 4 heteroatoms. The van der Waals surface area contributed by atoms with E-state index in [-0.39, 0.29) is 0 Å². The first-order valence-electron chi connectivity index (χ1n) is 11.1. The number of rotatable bonds is 13. The second kappa shape index (κ2) is 11.6. The SMILES string of the molecule is CCCCP(Cl)(CCCC)(CCC(C)Cc1ccccc1)Oc1ccccc1Cl. The average Bonchev–Trinajstić information content (AvgIpc) is 2.73. The minimum atomic E-state index is -2.90. The molecule has 0 saturated heterocycles. The van der Waals surface area contributed by atoms with Gasteiger partial charge in [-0.1, -0.05) is 0 Å². The van der Waals surface area contributed by atoms with E-state index in [4.69, 9.17) is 27.4 Å². The van der Waals surface area contributed by atoms with E-state index in [2.05, 4.69) is 51.1 Å². The fourth-order valence-electron chi connectivity index (χ4n) is 3.87. The zero-order valence-corrected chi connectivity index (χ0v) is 20.7. The van der Waals surface area contributed by atoms with Gasteiger partial charge in [-0.3, -0.25) is 0 Å². The van der Waals surface area contributed by atoms with Gasteiger partial charge in [0.25, 0.3) is 0 Å². The summed E-state index contributed by atoms with van der Waals surface area (Å²) < 4.78 is 6.79. The second-order valence-electron chi connectivity index (χ2n) is 8.47. The molecular formula is C25H37Cl2OP. The summed E-state index contributed by atoms with van der Waals surface area (Å²) in [5, 5.41) is 0.660. The summed E-state index contributed by atoms with van der Waals surface area (Å²) in [6.07, 6.45) is 6.59. The van der Waals surface area contributed by atoms with Crippen LogP contribution in [0.1, 0.15) is 58.4 Å². The van der Waals surface area contributed by atoms with Gasteiger partial charge in [-0.25, -0.2) is 0 Å². The Bertz CT molecular complexity index is 727. The normalized spacial score (nSPS) is 14.2. The third-order valence-electron chi connectivity index (χ3n) is 5.71. The topological polar surface area (TPSA) is 9.23 Å². The minimum absolute atomic E-state index is 0.566. The van der Waals surface area contributed by atoms with Crippen LogP contribution in [0.5, 0.6) is 5.75 Å². The van der Waals surface area contributed by atoms with Crippen molar-refractivity contribution in [3.05, 3.63) is 65.2 Å². The predicted molar refractivity (Wildman–Crippen MR) is 133 cm³/mol. The fourth-order valence-corrected chi connectivity index (χ4v) is 9.96. The van der Waals surface area contributed by atoms with Crippen molar-refractivity contribution in [2.24, 2.45) is 5.92 Å². The van der Waals surface area contributed by atoms with Crippen molar-refractivity contribution >= 4 is 29.0 Å². The molecule has 0 spiro atoms. The molecule has 1 nitrogen and oxygen atoms in total. The summed E-state index contributed by atoms with van der Waals surface area (Å²) >= 11 is 14.1. The molecule has 0 radical (unpaired) electrons. The second-order valence-corrected chi connectivity index (χ2v) is 15.9. The third kappa shape index (κ3) is 7.78. The number of para-hydroxylation sites is 1. The van der Waals surface area contributed by atoms with Gasteiger partial charge in [0.05, 0.1) is 0 Å². The van der Waals surface area contributed by atoms with Gasteiger partial charge in [0, 0.05) is 0 Å². The van der Waals surface area contributed by atoms with E-state index in [1.54, 1.807) is 0 Å². The summed E-state index contributed by atoms with van der Waals surface area (Å²) in [5.41, 5.74) is 1.39. The van der Waals surface area contributed by atoms with Crippen LogP contribution in [-0.4, -0.2) is 18.5 Å². The standard InChI is InChI=1S/C25H37Cl2OP/c1-4-6-18-29(27,19-7-5-2,28-25-16-12-11-15-24(25)26)20-17-22(3)21-23-13-9-8-10-14-23/h8-16,22H,4-7,17-21H2,1-3H3. The number of hydrogen-bond acceptors (Lipinski definition) is 1. The maximum atomic E-state index is 7.66. The average molecular weight is 455 g/mol. The molecule has 0 amide bonds. The Kier molecular flexibility index (Phi) is 9.80. The molecule has 0 aliphatic rings. The van der Waals surface area contributed by atoms with Gasteiger partial charge in [0.15, 0.2) is 0 Å². The third-order valence-corrected chi connectivity index (χ3v) is 12.2. The van der Waals surface area contributed by atoms with Crippen LogP contribution in [0.15, 0.2) is 54.6 Å². The number of hydrogen-bond donors (Lipinski definition) is 0. The Hall–Kier alpha value is -0.750. The van der Waals surface area contributed by atoms with Crippen LogP contribution in [-0.2, 0) is 6.42 Å². The van der Waals surface area contributed by atoms with Crippen molar-refractivity contribution in [3.8, 4) is 5.75 Å². The molecule has 0 aliphatic heterocycles. The van der Waals surface area contributed by atoms with Gasteiger partial charge in [-0.2, -0.15) is 0 Å². The zero-order chi connectivity index (χ0) is 21.2. The van der Waals surface area contributed by atoms with Gasteiger partial charge in [-0.15, -0.1) is 0 Å². The monoisotopic (exact) mass is 454 g/mol. The van der Waals surface area contributed by atoms with Crippen molar-refractivity contribution in [3.63, 3.8) is 0 Å². The fraction of sp³-hybridized carbons (Fsp3) is 0.520. The van der Waals surface area contributed by atoms with Crippen molar-refractivity contribution < 1.29 is 4.52 Å². The molecule has 0 heterocycles. The summed E-state index contributed by atoms with van der Waals surface area (Å²) in [6.45, 7) is 6.79. The summed E-state index contributed by atoms with van der Waals surface area (Å²) in [5.74, 6) is 1.32. The Morgan fingerprint density at radius 2 is 1.45 bits per heavy atom. The quantitative estimate of drug-likeness (QED) is 0.274. The van der Waals surface area contributed by atoms with E-state index in [0.29, 0.717) is 10.9 Å². The van der Waals surface area contributed by atoms with Crippen molar-refractivity contribution in [1.82, 2.24) is 0 Å². The van der Waals surface area contributed by atoms with Crippen LogP contribution in [0.25, 0.3) is 0 Å². The van der Waals surface area contributed by atoms with Crippen molar-refractivity contribution in [2.75, 3.05) is 18.5 Å². The van der Waals surface area contributed by atoms with E-state index in [1.807, 2.05) is 24.3 Å². The molecule has 0 fully saturated rings. The Morgan fingerprint density at radius 1 is 0.862 bits per heavy atom. The first-order chi connectivity index (χ1) is 13.9. The van der Waals surface area contributed by atoms with Crippen LogP contribution in [0.3, 0.4) is 0 Å². The van der Waals surface area contributed by atoms with E-state index in [0.717, 1.165) is 62.8 Å². The molecule has 0 aromatic heterocycles. The molecule has 2 aromatic carbocycles. The van der Waals surface area contributed by atoms with E-state index in [9.17, 15) is 0 Å². The predicted octanol–water partition coefficient (Wildman–Crippen LogP) is 9.21. The van der Waals surface area contributed by atoms with Crippen molar-refractivity contribution in [1.29, 1.82) is 0 Å². The first-order valence-corrected chi connectivity index (χ1v) is 15.1. The van der Waals surface area contributed by atoms with Crippen LogP contribution in [0, 0.1) is 5.92 Å². The number of unbranched alkanes of at least 4 members (excludes halogenated alkanes) is 2.